The second kappa shape index (κ2) is 3.59. The van der Waals surface area contributed by atoms with Crippen LogP contribution in [0.4, 0.5) is 0 Å². The number of fused-ring (bicyclic) bond motifs is 1. The lowest BCUT2D eigenvalue weighted by molar-refractivity contribution is -0.120. The lowest BCUT2D eigenvalue weighted by Gasteiger charge is -2.11. The first-order chi connectivity index (χ1) is 7.11. The molecule has 0 aliphatic heterocycles. The van der Waals surface area contributed by atoms with E-state index in [1.807, 2.05) is 24.4 Å². The van der Waals surface area contributed by atoms with E-state index < -0.39 is 0 Å². The van der Waals surface area contributed by atoms with Crippen molar-refractivity contribution in [3.8, 4) is 0 Å². The summed E-state index contributed by atoms with van der Waals surface area (Å²) >= 11 is 6.08. The van der Waals surface area contributed by atoms with Crippen LogP contribution < -0.4 is 5.73 Å². The molecule has 0 aliphatic rings. The normalized spacial score (nSPS) is 12.9. The van der Waals surface area contributed by atoms with Crippen LogP contribution in [-0.2, 0) is 4.79 Å². The van der Waals surface area contributed by atoms with Crippen LogP contribution in [0.15, 0.2) is 30.5 Å². The minimum Gasteiger partial charge on any atom is -0.368 e. The van der Waals surface area contributed by atoms with Crippen LogP contribution in [0, 0.1) is 0 Å². The third kappa shape index (κ3) is 1.59. The first-order valence-electron chi connectivity index (χ1n) is 4.65. The van der Waals surface area contributed by atoms with Crippen molar-refractivity contribution in [3.63, 3.8) is 0 Å². The van der Waals surface area contributed by atoms with Gasteiger partial charge in [0.05, 0.1) is 10.5 Å². The summed E-state index contributed by atoms with van der Waals surface area (Å²) in [6.45, 7) is 1.76. The first kappa shape index (κ1) is 10.1. The van der Waals surface area contributed by atoms with Crippen molar-refractivity contribution in [1.29, 1.82) is 0 Å². The van der Waals surface area contributed by atoms with Gasteiger partial charge in [-0.05, 0) is 19.1 Å². The second-order valence-corrected chi connectivity index (χ2v) is 3.89. The molecule has 0 fully saturated rings. The number of rotatable bonds is 2. The Morgan fingerprint density at radius 2 is 2.20 bits per heavy atom. The number of primary amides is 1. The Labute approximate surface area is 92.4 Å². The van der Waals surface area contributed by atoms with E-state index in [1.54, 1.807) is 17.6 Å². The molecule has 1 amide bonds. The highest BCUT2D eigenvalue weighted by Gasteiger charge is 2.14. The van der Waals surface area contributed by atoms with E-state index >= 15 is 0 Å². The summed E-state index contributed by atoms with van der Waals surface area (Å²) in [7, 11) is 0. The highest BCUT2D eigenvalue weighted by molar-refractivity contribution is 6.35. The molecular weight excluding hydrogens is 212 g/mol. The van der Waals surface area contributed by atoms with Crippen molar-refractivity contribution in [2.24, 2.45) is 5.73 Å². The highest BCUT2D eigenvalue weighted by atomic mass is 35.5. The lowest BCUT2D eigenvalue weighted by Crippen LogP contribution is -2.23. The van der Waals surface area contributed by atoms with E-state index in [2.05, 4.69) is 0 Å². The summed E-state index contributed by atoms with van der Waals surface area (Å²) in [5.74, 6) is -0.368. The Hall–Kier alpha value is -1.48. The standard InChI is InChI=1S/C11H11ClN2O/c1-7(11(13)15)14-6-5-8-3-2-4-9(12)10(8)14/h2-7H,1H3,(H2,13,15). The zero-order chi connectivity index (χ0) is 11.0. The van der Waals surface area contributed by atoms with Crippen LogP contribution in [0.1, 0.15) is 13.0 Å². The first-order valence-corrected chi connectivity index (χ1v) is 5.03. The fourth-order valence-corrected chi connectivity index (χ4v) is 1.91. The van der Waals surface area contributed by atoms with Gasteiger partial charge in [0.1, 0.15) is 6.04 Å². The molecule has 4 heteroatoms. The van der Waals surface area contributed by atoms with Gasteiger partial charge in [-0.15, -0.1) is 0 Å². The van der Waals surface area contributed by atoms with Gasteiger partial charge in [0.15, 0.2) is 0 Å². The second-order valence-electron chi connectivity index (χ2n) is 3.48. The quantitative estimate of drug-likeness (QED) is 0.833. The minimum atomic E-state index is -0.387. The fourth-order valence-electron chi connectivity index (χ4n) is 1.63. The molecule has 78 valence electrons. The number of carbonyl (C=O) groups excluding carboxylic acids is 1. The number of nitrogens with zero attached hydrogens (tertiary/aromatic N) is 1. The summed E-state index contributed by atoms with van der Waals surface area (Å²) < 4.78 is 1.79. The Morgan fingerprint density at radius 3 is 2.87 bits per heavy atom. The molecule has 0 aliphatic carbocycles. The number of carbonyl (C=O) groups is 1. The molecule has 0 saturated heterocycles. The largest absolute Gasteiger partial charge is 0.368 e. The molecule has 0 bridgehead atoms. The Balaban J connectivity index is 2.67. The smallest absolute Gasteiger partial charge is 0.240 e. The molecule has 1 aromatic heterocycles. The SMILES string of the molecule is CC(C(N)=O)n1ccc2cccc(Cl)c21. The number of benzene rings is 1. The van der Waals surface area contributed by atoms with Crippen LogP contribution >= 0.6 is 11.6 Å². The lowest BCUT2D eigenvalue weighted by atomic mass is 10.2. The van der Waals surface area contributed by atoms with E-state index in [1.165, 1.54) is 0 Å². The summed E-state index contributed by atoms with van der Waals surface area (Å²) in [6, 6.07) is 7.16. The molecule has 1 aromatic carbocycles. The van der Waals surface area contributed by atoms with Crippen molar-refractivity contribution in [3.05, 3.63) is 35.5 Å². The van der Waals surface area contributed by atoms with Crippen LogP contribution in [-0.4, -0.2) is 10.5 Å². The van der Waals surface area contributed by atoms with Crippen molar-refractivity contribution in [2.45, 2.75) is 13.0 Å². The Morgan fingerprint density at radius 1 is 1.47 bits per heavy atom. The third-order valence-electron chi connectivity index (χ3n) is 2.52. The zero-order valence-electron chi connectivity index (χ0n) is 8.27. The number of aromatic nitrogens is 1. The molecule has 2 rings (SSSR count). The number of nitrogens with two attached hydrogens (primary N) is 1. The molecule has 0 saturated carbocycles. The molecule has 2 N–H and O–H groups in total. The van der Waals surface area contributed by atoms with Gasteiger partial charge < -0.3 is 10.3 Å². The van der Waals surface area contributed by atoms with Gasteiger partial charge in [-0.1, -0.05) is 23.7 Å². The highest BCUT2D eigenvalue weighted by Crippen LogP contribution is 2.26. The van der Waals surface area contributed by atoms with Crippen molar-refractivity contribution < 1.29 is 4.79 Å². The van der Waals surface area contributed by atoms with Crippen LogP contribution in [0.5, 0.6) is 0 Å². The average molecular weight is 223 g/mol. The maximum atomic E-state index is 11.1. The van der Waals surface area contributed by atoms with Crippen LogP contribution in [0.25, 0.3) is 10.9 Å². The van der Waals surface area contributed by atoms with Gasteiger partial charge in [0.2, 0.25) is 5.91 Å². The van der Waals surface area contributed by atoms with Gasteiger partial charge in [-0.3, -0.25) is 4.79 Å². The van der Waals surface area contributed by atoms with Crippen molar-refractivity contribution in [1.82, 2.24) is 4.57 Å². The maximum Gasteiger partial charge on any atom is 0.240 e. The van der Waals surface area contributed by atoms with E-state index in [0.29, 0.717) is 5.02 Å². The number of halogens is 1. The van der Waals surface area contributed by atoms with Gasteiger partial charge in [0, 0.05) is 11.6 Å². The molecule has 1 heterocycles. The van der Waals surface area contributed by atoms with Crippen molar-refractivity contribution >= 4 is 28.4 Å². The molecule has 1 unspecified atom stereocenters. The molecule has 2 aromatic rings. The van der Waals surface area contributed by atoms with E-state index in [-0.39, 0.29) is 11.9 Å². The number of amides is 1. The molecule has 0 radical (unpaired) electrons. The minimum absolute atomic E-state index is 0.368. The molecular formula is C11H11ClN2O. The predicted molar refractivity (Wildman–Crippen MR) is 60.9 cm³/mol. The Kier molecular flexibility index (Phi) is 2.40. The van der Waals surface area contributed by atoms with E-state index in [9.17, 15) is 4.79 Å². The topological polar surface area (TPSA) is 48.0 Å². The third-order valence-corrected chi connectivity index (χ3v) is 2.82. The predicted octanol–water partition coefficient (Wildman–Crippen LogP) is 2.34. The van der Waals surface area contributed by atoms with Crippen molar-refractivity contribution in [2.75, 3.05) is 0 Å². The van der Waals surface area contributed by atoms with Crippen LogP contribution in [0.2, 0.25) is 5.02 Å². The molecule has 3 nitrogen and oxygen atoms in total. The van der Waals surface area contributed by atoms with Gasteiger partial charge in [-0.25, -0.2) is 0 Å². The summed E-state index contributed by atoms with van der Waals surface area (Å²) in [4.78, 5) is 11.1. The molecule has 0 spiro atoms. The number of para-hydroxylation sites is 1. The summed E-state index contributed by atoms with van der Waals surface area (Å²) in [6.07, 6.45) is 1.83. The summed E-state index contributed by atoms with van der Waals surface area (Å²) in [5.41, 5.74) is 6.12. The van der Waals surface area contributed by atoms with E-state index in [4.69, 9.17) is 17.3 Å². The Bertz CT molecular complexity index is 518. The van der Waals surface area contributed by atoms with E-state index in [0.717, 1.165) is 10.9 Å². The van der Waals surface area contributed by atoms with Gasteiger partial charge in [-0.2, -0.15) is 0 Å². The monoisotopic (exact) mass is 222 g/mol. The van der Waals surface area contributed by atoms with Gasteiger partial charge in [0.25, 0.3) is 0 Å². The fraction of sp³-hybridized carbons (Fsp3) is 0.182. The molecule has 15 heavy (non-hydrogen) atoms. The van der Waals surface area contributed by atoms with Gasteiger partial charge >= 0.3 is 0 Å². The average Bonchev–Trinajstić information content (AvgIpc) is 2.61. The summed E-state index contributed by atoms with van der Waals surface area (Å²) in [5, 5.41) is 1.64. The number of hydrogen-bond acceptors (Lipinski definition) is 1. The molecule has 1 atom stereocenters. The maximum absolute atomic E-state index is 11.1. The number of hydrogen-bond donors (Lipinski definition) is 1. The zero-order valence-corrected chi connectivity index (χ0v) is 9.03. The van der Waals surface area contributed by atoms with Crippen LogP contribution in [0.3, 0.4) is 0 Å².